The first kappa shape index (κ1) is 19.7. The van der Waals surface area contributed by atoms with E-state index in [1.807, 2.05) is 0 Å². The van der Waals surface area contributed by atoms with Crippen molar-refractivity contribution in [1.29, 1.82) is 0 Å². The zero-order valence-electron chi connectivity index (χ0n) is 16.1. The van der Waals surface area contributed by atoms with Gasteiger partial charge in [0, 0.05) is 50.5 Å². The molecular weight excluding hydrogens is 361 g/mol. The second-order valence-corrected chi connectivity index (χ2v) is 6.65. The SMILES string of the molecule is COc1cccc(N(CC(=O)N2CCN(c3ccc(F)cc3)CC2)C(C)=O)c1. The van der Waals surface area contributed by atoms with E-state index in [1.165, 1.54) is 24.0 Å². The monoisotopic (exact) mass is 385 g/mol. The molecule has 28 heavy (non-hydrogen) atoms. The number of carbonyl (C=O) groups is 2. The molecule has 0 spiro atoms. The summed E-state index contributed by atoms with van der Waals surface area (Å²) in [6, 6.07) is 13.5. The van der Waals surface area contributed by atoms with Gasteiger partial charge in [0.15, 0.2) is 0 Å². The number of nitrogens with zero attached hydrogens (tertiary/aromatic N) is 3. The minimum atomic E-state index is -0.264. The molecule has 0 N–H and O–H groups in total. The normalized spacial score (nSPS) is 14.0. The number of piperazine rings is 1. The van der Waals surface area contributed by atoms with Gasteiger partial charge >= 0.3 is 0 Å². The summed E-state index contributed by atoms with van der Waals surface area (Å²) >= 11 is 0. The van der Waals surface area contributed by atoms with Crippen molar-refractivity contribution >= 4 is 23.2 Å². The molecule has 2 aromatic carbocycles. The maximum absolute atomic E-state index is 13.1. The number of methoxy groups -OCH3 is 1. The summed E-state index contributed by atoms with van der Waals surface area (Å²) in [5.41, 5.74) is 1.57. The number of anilines is 2. The predicted octanol–water partition coefficient (Wildman–Crippen LogP) is 2.54. The summed E-state index contributed by atoms with van der Waals surface area (Å²) in [4.78, 5) is 30.2. The van der Waals surface area contributed by atoms with E-state index in [9.17, 15) is 14.0 Å². The van der Waals surface area contributed by atoms with E-state index in [2.05, 4.69) is 4.90 Å². The zero-order valence-corrected chi connectivity index (χ0v) is 16.1. The molecule has 2 amide bonds. The molecule has 148 valence electrons. The Morgan fingerprint density at radius 3 is 2.36 bits per heavy atom. The second kappa shape index (κ2) is 8.73. The van der Waals surface area contributed by atoms with E-state index >= 15 is 0 Å². The highest BCUT2D eigenvalue weighted by Gasteiger charge is 2.24. The molecule has 6 nitrogen and oxygen atoms in total. The number of halogens is 1. The molecule has 1 heterocycles. The minimum absolute atomic E-state index is 0.0148. The van der Waals surface area contributed by atoms with Gasteiger partial charge in [0.2, 0.25) is 11.8 Å². The lowest BCUT2D eigenvalue weighted by atomic mass is 10.2. The van der Waals surface area contributed by atoms with Crippen LogP contribution in [0.2, 0.25) is 0 Å². The van der Waals surface area contributed by atoms with Crippen molar-refractivity contribution in [2.24, 2.45) is 0 Å². The van der Waals surface area contributed by atoms with Crippen molar-refractivity contribution in [2.45, 2.75) is 6.92 Å². The standard InChI is InChI=1S/C21H24FN3O3/c1-16(26)25(19-4-3-5-20(14-19)28-2)15-21(27)24-12-10-23(11-13-24)18-8-6-17(22)7-9-18/h3-9,14H,10-13,15H2,1-2H3. The smallest absolute Gasteiger partial charge is 0.242 e. The number of hydrogen-bond acceptors (Lipinski definition) is 4. The first-order valence-corrected chi connectivity index (χ1v) is 9.18. The average Bonchev–Trinajstić information content (AvgIpc) is 2.72. The predicted molar refractivity (Wildman–Crippen MR) is 106 cm³/mol. The summed E-state index contributed by atoms with van der Waals surface area (Å²) < 4.78 is 18.3. The fourth-order valence-electron chi connectivity index (χ4n) is 3.26. The fourth-order valence-corrected chi connectivity index (χ4v) is 3.26. The maximum atomic E-state index is 13.1. The zero-order chi connectivity index (χ0) is 20.1. The van der Waals surface area contributed by atoms with Crippen molar-refractivity contribution in [3.05, 3.63) is 54.3 Å². The van der Waals surface area contributed by atoms with Gasteiger partial charge < -0.3 is 19.4 Å². The van der Waals surface area contributed by atoms with E-state index in [0.717, 1.165) is 5.69 Å². The molecular formula is C21H24FN3O3. The van der Waals surface area contributed by atoms with Crippen LogP contribution >= 0.6 is 0 Å². The summed E-state index contributed by atoms with van der Waals surface area (Å²) in [6.07, 6.45) is 0. The molecule has 1 aliphatic rings. The Kier molecular flexibility index (Phi) is 6.13. The van der Waals surface area contributed by atoms with Crippen LogP contribution in [0.15, 0.2) is 48.5 Å². The maximum Gasteiger partial charge on any atom is 0.242 e. The van der Waals surface area contributed by atoms with Gasteiger partial charge in [-0.2, -0.15) is 0 Å². The van der Waals surface area contributed by atoms with Crippen molar-refractivity contribution < 1.29 is 18.7 Å². The molecule has 0 aliphatic carbocycles. The first-order valence-electron chi connectivity index (χ1n) is 9.18. The Morgan fingerprint density at radius 1 is 1.07 bits per heavy atom. The van der Waals surface area contributed by atoms with Crippen LogP contribution in [-0.2, 0) is 9.59 Å². The quantitative estimate of drug-likeness (QED) is 0.794. The van der Waals surface area contributed by atoms with Crippen LogP contribution < -0.4 is 14.5 Å². The van der Waals surface area contributed by atoms with Gasteiger partial charge in [0.1, 0.15) is 18.1 Å². The molecule has 0 aromatic heterocycles. The van der Waals surface area contributed by atoms with Crippen molar-refractivity contribution in [3.8, 4) is 5.75 Å². The molecule has 0 radical (unpaired) electrons. The largest absolute Gasteiger partial charge is 0.497 e. The topological polar surface area (TPSA) is 53.1 Å². The third kappa shape index (κ3) is 4.60. The lowest BCUT2D eigenvalue weighted by molar-refractivity contribution is -0.131. The van der Waals surface area contributed by atoms with Crippen molar-refractivity contribution in [3.63, 3.8) is 0 Å². The molecule has 0 atom stereocenters. The van der Waals surface area contributed by atoms with Crippen LogP contribution in [0, 0.1) is 5.82 Å². The summed E-state index contributed by atoms with van der Waals surface area (Å²) in [7, 11) is 1.56. The molecule has 1 aliphatic heterocycles. The van der Waals surface area contributed by atoms with E-state index in [1.54, 1.807) is 48.4 Å². The van der Waals surface area contributed by atoms with Gasteiger partial charge in [-0.25, -0.2) is 4.39 Å². The Bertz CT molecular complexity index is 833. The average molecular weight is 385 g/mol. The second-order valence-electron chi connectivity index (χ2n) is 6.65. The Labute approximate surface area is 164 Å². The Hall–Kier alpha value is -3.09. The highest BCUT2D eigenvalue weighted by molar-refractivity contribution is 5.97. The van der Waals surface area contributed by atoms with Gasteiger partial charge in [-0.15, -0.1) is 0 Å². The van der Waals surface area contributed by atoms with Crippen LogP contribution in [0.25, 0.3) is 0 Å². The molecule has 7 heteroatoms. The summed E-state index contributed by atoms with van der Waals surface area (Å²) in [6.45, 7) is 3.87. The van der Waals surface area contributed by atoms with Crippen LogP contribution in [-0.4, -0.2) is 56.5 Å². The minimum Gasteiger partial charge on any atom is -0.497 e. The van der Waals surface area contributed by atoms with E-state index in [0.29, 0.717) is 37.6 Å². The number of carbonyl (C=O) groups excluding carboxylic acids is 2. The van der Waals surface area contributed by atoms with Gasteiger partial charge in [0.05, 0.1) is 7.11 Å². The molecule has 0 saturated carbocycles. The number of hydrogen-bond donors (Lipinski definition) is 0. The molecule has 1 fully saturated rings. The highest BCUT2D eigenvalue weighted by atomic mass is 19.1. The van der Waals surface area contributed by atoms with Crippen molar-refractivity contribution in [1.82, 2.24) is 4.90 Å². The molecule has 3 rings (SSSR count). The molecule has 1 saturated heterocycles. The van der Waals surface area contributed by atoms with Gasteiger partial charge in [-0.3, -0.25) is 9.59 Å². The van der Waals surface area contributed by atoms with Crippen LogP contribution in [0.4, 0.5) is 15.8 Å². The Balaban J connectivity index is 1.62. The van der Waals surface area contributed by atoms with Gasteiger partial charge in [-0.05, 0) is 36.4 Å². The van der Waals surface area contributed by atoms with Crippen LogP contribution in [0.5, 0.6) is 5.75 Å². The number of benzene rings is 2. The lowest BCUT2D eigenvalue weighted by Crippen LogP contribution is -2.51. The van der Waals surface area contributed by atoms with E-state index in [4.69, 9.17) is 4.74 Å². The van der Waals surface area contributed by atoms with E-state index < -0.39 is 0 Å². The summed E-state index contributed by atoms with van der Waals surface area (Å²) in [5, 5.41) is 0. The molecule has 0 unspecified atom stereocenters. The summed E-state index contributed by atoms with van der Waals surface area (Å²) in [5.74, 6) is 0.0619. The third-order valence-electron chi connectivity index (χ3n) is 4.86. The number of rotatable bonds is 5. The number of ether oxygens (including phenoxy) is 1. The fraction of sp³-hybridized carbons (Fsp3) is 0.333. The van der Waals surface area contributed by atoms with Gasteiger partial charge in [-0.1, -0.05) is 6.07 Å². The number of amides is 2. The Morgan fingerprint density at radius 2 is 1.75 bits per heavy atom. The third-order valence-corrected chi connectivity index (χ3v) is 4.86. The van der Waals surface area contributed by atoms with Crippen molar-refractivity contribution in [2.75, 3.05) is 49.6 Å². The van der Waals surface area contributed by atoms with E-state index in [-0.39, 0.29) is 24.2 Å². The highest BCUT2D eigenvalue weighted by Crippen LogP contribution is 2.22. The molecule has 0 bridgehead atoms. The van der Waals surface area contributed by atoms with Gasteiger partial charge in [0.25, 0.3) is 0 Å². The molecule has 2 aromatic rings. The van der Waals surface area contributed by atoms with Crippen LogP contribution in [0.1, 0.15) is 6.92 Å². The first-order chi connectivity index (χ1) is 13.5. The lowest BCUT2D eigenvalue weighted by Gasteiger charge is -2.37. The van der Waals surface area contributed by atoms with Crippen LogP contribution in [0.3, 0.4) is 0 Å².